The molecule has 1 aromatic carbocycles. The molecular weight excluding hydrogens is 296 g/mol. The fraction of sp³-hybridized carbons (Fsp3) is 0.533. The molecule has 116 valence electrons. The van der Waals surface area contributed by atoms with Gasteiger partial charge in [0.15, 0.2) is 0 Å². The molecule has 1 fully saturated rings. The van der Waals surface area contributed by atoms with Crippen molar-refractivity contribution in [3.05, 3.63) is 29.8 Å². The second kappa shape index (κ2) is 6.75. The minimum atomic E-state index is -0.920. The second-order valence-corrected chi connectivity index (χ2v) is 6.47. The van der Waals surface area contributed by atoms with Crippen LogP contribution in [0.2, 0.25) is 0 Å². The highest BCUT2D eigenvalue weighted by molar-refractivity contribution is 7.99. The molecule has 0 spiro atoms. The van der Waals surface area contributed by atoms with Gasteiger partial charge in [-0.15, -0.1) is 11.8 Å². The van der Waals surface area contributed by atoms with E-state index in [1.54, 1.807) is 0 Å². The quantitative estimate of drug-likeness (QED) is 0.670. The molecule has 6 heteroatoms. The lowest BCUT2D eigenvalue weighted by atomic mass is 9.86. The SMILES string of the molecule is COC(=O)C1(N)CCCC1CCSc1ccc(F)cc1F. The molecule has 3 nitrogen and oxygen atoms in total. The zero-order valence-electron chi connectivity index (χ0n) is 11.9. The van der Waals surface area contributed by atoms with E-state index >= 15 is 0 Å². The minimum absolute atomic E-state index is 0.0426. The third-order valence-electron chi connectivity index (χ3n) is 4.05. The first-order valence-corrected chi connectivity index (χ1v) is 7.91. The Labute approximate surface area is 127 Å². The zero-order chi connectivity index (χ0) is 15.5. The third-order valence-corrected chi connectivity index (χ3v) is 5.14. The van der Waals surface area contributed by atoms with Crippen molar-refractivity contribution in [1.29, 1.82) is 0 Å². The fourth-order valence-corrected chi connectivity index (χ4v) is 3.85. The van der Waals surface area contributed by atoms with Gasteiger partial charge in [-0.05, 0) is 43.1 Å². The molecule has 2 unspecified atom stereocenters. The highest BCUT2D eigenvalue weighted by atomic mass is 32.2. The van der Waals surface area contributed by atoms with E-state index < -0.39 is 17.2 Å². The molecule has 1 aliphatic carbocycles. The number of benzene rings is 1. The van der Waals surface area contributed by atoms with E-state index in [-0.39, 0.29) is 11.9 Å². The highest BCUT2D eigenvalue weighted by Crippen LogP contribution is 2.38. The van der Waals surface area contributed by atoms with E-state index in [1.165, 1.54) is 31.0 Å². The maximum atomic E-state index is 13.5. The first kappa shape index (κ1) is 16.2. The Morgan fingerprint density at radius 3 is 2.95 bits per heavy atom. The number of rotatable bonds is 5. The summed E-state index contributed by atoms with van der Waals surface area (Å²) in [5.41, 5.74) is 5.26. The smallest absolute Gasteiger partial charge is 0.326 e. The average Bonchev–Trinajstić information content (AvgIpc) is 2.83. The number of halogens is 2. The maximum absolute atomic E-state index is 13.5. The van der Waals surface area contributed by atoms with Gasteiger partial charge in [0.05, 0.1) is 7.11 Å². The van der Waals surface area contributed by atoms with Crippen LogP contribution in [0.5, 0.6) is 0 Å². The van der Waals surface area contributed by atoms with Crippen LogP contribution in [0.4, 0.5) is 8.78 Å². The number of carbonyl (C=O) groups excluding carboxylic acids is 1. The Bertz CT molecular complexity index is 526. The molecule has 2 atom stereocenters. The Hall–Kier alpha value is -1.14. The number of hydrogen-bond donors (Lipinski definition) is 1. The fourth-order valence-electron chi connectivity index (χ4n) is 2.87. The molecule has 21 heavy (non-hydrogen) atoms. The molecule has 1 aliphatic rings. The highest BCUT2D eigenvalue weighted by Gasteiger charge is 2.46. The van der Waals surface area contributed by atoms with Crippen LogP contribution < -0.4 is 5.73 Å². The minimum Gasteiger partial charge on any atom is -0.468 e. The van der Waals surface area contributed by atoms with Gasteiger partial charge in [-0.25, -0.2) is 8.78 Å². The van der Waals surface area contributed by atoms with Crippen molar-refractivity contribution in [3.8, 4) is 0 Å². The van der Waals surface area contributed by atoms with Gasteiger partial charge in [-0.2, -0.15) is 0 Å². The summed E-state index contributed by atoms with van der Waals surface area (Å²) in [5.74, 6) is -0.843. The van der Waals surface area contributed by atoms with Crippen LogP contribution in [0.1, 0.15) is 25.7 Å². The topological polar surface area (TPSA) is 52.3 Å². The van der Waals surface area contributed by atoms with Crippen molar-refractivity contribution in [1.82, 2.24) is 0 Å². The summed E-state index contributed by atoms with van der Waals surface area (Å²) in [6.45, 7) is 0. The van der Waals surface area contributed by atoms with Crippen LogP contribution in [0.25, 0.3) is 0 Å². The molecule has 0 saturated heterocycles. The van der Waals surface area contributed by atoms with Crippen LogP contribution in [0.3, 0.4) is 0 Å². The second-order valence-electron chi connectivity index (χ2n) is 5.33. The van der Waals surface area contributed by atoms with Gasteiger partial charge in [0, 0.05) is 11.0 Å². The van der Waals surface area contributed by atoms with Gasteiger partial charge in [0.25, 0.3) is 0 Å². The number of esters is 1. The maximum Gasteiger partial charge on any atom is 0.326 e. The van der Waals surface area contributed by atoms with Crippen molar-refractivity contribution in [2.75, 3.05) is 12.9 Å². The van der Waals surface area contributed by atoms with Crippen molar-refractivity contribution in [2.45, 2.75) is 36.1 Å². The molecule has 0 heterocycles. The van der Waals surface area contributed by atoms with Gasteiger partial charge < -0.3 is 10.5 Å². The van der Waals surface area contributed by atoms with Crippen LogP contribution in [0, 0.1) is 17.6 Å². The van der Waals surface area contributed by atoms with E-state index in [4.69, 9.17) is 10.5 Å². The number of hydrogen-bond acceptors (Lipinski definition) is 4. The number of carbonyl (C=O) groups is 1. The van der Waals surface area contributed by atoms with Crippen molar-refractivity contribution in [2.24, 2.45) is 11.7 Å². The molecule has 0 aromatic heterocycles. The molecule has 1 saturated carbocycles. The van der Waals surface area contributed by atoms with Crippen molar-refractivity contribution >= 4 is 17.7 Å². The molecule has 0 amide bonds. The lowest BCUT2D eigenvalue weighted by molar-refractivity contribution is -0.148. The predicted octanol–water partition coefficient (Wildman–Crippen LogP) is 3.12. The molecule has 2 rings (SSSR count). The number of thioether (sulfide) groups is 1. The average molecular weight is 315 g/mol. The monoisotopic (exact) mass is 315 g/mol. The van der Waals surface area contributed by atoms with E-state index in [2.05, 4.69) is 0 Å². The molecule has 2 N–H and O–H groups in total. The van der Waals surface area contributed by atoms with Crippen molar-refractivity contribution < 1.29 is 18.3 Å². The van der Waals surface area contributed by atoms with Crippen LogP contribution in [-0.2, 0) is 9.53 Å². The first-order valence-electron chi connectivity index (χ1n) is 6.92. The Kier molecular flexibility index (Phi) is 5.22. The van der Waals surface area contributed by atoms with Gasteiger partial charge in [0.1, 0.15) is 17.2 Å². The largest absolute Gasteiger partial charge is 0.468 e. The van der Waals surface area contributed by atoms with Crippen LogP contribution >= 0.6 is 11.8 Å². The summed E-state index contributed by atoms with van der Waals surface area (Å²) >= 11 is 1.31. The third kappa shape index (κ3) is 3.55. The first-order chi connectivity index (χ1) is 9.97. The Morgan fingerprint density at radius 2 is 2.29 bits per heavy atom. The molecule has 0 aliphatic heterocycles. The molecular formula is C15H19F2NO2S. The summed E-state index contributed by atoms with van der Waals surface area (Å²) in [6, 6.07) is 3.54. The summed E-state index contributed by atoms with van der Waals surface area (Å²) in [6.07, 6.45) is 3.09. The Morgan fingerprint density at radius 1 is 1.52 bits per heavy atom. The summed E-state index contributed by atoms with van der Waals surface area (Å²) in [5, 5.41) is 0. The van der Waals surface area contributed by atoms with E-state index in [1.807, 2.05) is 0 Å². The number of nitrogens with two attached hydrogens (primary N) is 1. The zero-order valence-corrected chi connectivity index (χ0v) is 12.7. The molecule has 1 aromatic rings. The van der Waals surface area contributed by atoms with Gasteiger partial charge in [-0.3, -0.25) is 4.79 Å². The normalized spacial score (nSPS) is 25.0. The molecule has 0 radical (unpaired) electrons. The summed E-state index contributed by atoms with van der Waals surface area (Å²) in [7, 11) is 1.34. The van der Waals surface area contributed by atoms with Gasteiger partial charge in [0.2, 0.25) is 0 Å². The standard InChI is InChI=1S/C15H19F2NO2S/c1-20-14(19)15(18)7-2-3-10(15)6-8-21-13-5-4-11(16)9-12(13)17/h4-5,9-10H,2-3,6-8,18H2,1H3. The summed E-state index contributed by atoms with van der Waals surface area (Å²) < 4.78 is 31.1. The van der Waals surface area contributed by atoms with Crippen LogP contribution in [-0.4, -0.2) is 24.4 Å². The number of methoxy groups -OCH3 is 1. The number of ether oxygens (including phenoxy) is 1. The Balaban J connectivity index is 1.92. The van der Waals surface area contributed by atoms with Gasteiger partial charge >= 0.3 is 5.97 Å². The summed E-state index contributed by atoms with van der Waals surface area (Å²) in [4.78, 5) is 12.2. The van der Waals surface area contributed by atoms with E-state index in [0.29, 0.717) is 23.5 Å². The lowest BCUT2D eigenvalue weighted by Crippen LogP contribution is -2.51. The lowest BCUT2D eigenvalue weighted by Gasteiger charge is -2.28. The predicted molar refractivity (Wildman–Crippen MR) is 78.0 cm³/mol. The van der Waals surface area contributed by atoms with Crippen LogP contribution in [0.15, 0.2) is 23.1 Å². The molecule has 0 bridgehead atoms. The van der Waals surface area contributed by atoms with E-state index in [9.17, 15) is 13.6 Å². The van der Waals surface area contributed by atoms with Crippen molar-refractivity contribution in [3.63, 3.8) is 0 Å². The van der Waals surface area contributed by atoms with Gasteiger partial charge in [-0.1, -0.05) is 6.42 Å². The van der Waals surface area contributed by atoms with E-state index in [0.717, 1.165) is 18.9 Å².